The van der Waals surface area contributed by atoms with Crippen molar-refractivity contribution in [3.05, 3.63) is 131 Å². The Labute approximate surface area is 279 Å². The third kappa shape index (κ3) is 6.56. The van der Waals surface area contributed by atoms with Crippen LogP contribution in [0.15, 0.2) is 109 Å². The molecule has 5 aromatic rings. The summed E-state index contributed by atoms with van der Waals surface area (Å²) in [6.45, 7) is 0. The van der Waals surface area contributed by atoms with Crippen LogP contribution in [0.5, 0.6) is 0 Å². The van der Waals surface area contributed by atoms with E-state index in [0.717, 1.165) is 11.1 Å². The Bertz CT molecular complexity index is 1700. The molecule has 4 N–H and O–H groups in total. The van der Waals surface area contributed by atoms with Gasteiger partial charge < -0.3 is 20.4 Å². The van der Waals surface area contributed by atoms with E-state index in [1.165, 1.54) is 48.5 Å². The maximum absolute atomic E-state index is 11.6. The first-order chi connectivity index (χ1) is 20.1. The van der Waals surface area contributed by atoms with Gasteiger partial charge in [-0.3, -0.25) is 0 Å². The molecule has 8 nitrogen and oxygen atoms in total. The van der Waals surface area contributed by atoms with E-state index in [1.807, 2.05) is 12.1 Å². The summed E-state index contributed by atoms with van der Waals surface area (Å²) < 4.78 is 0. The summed E-state index contributed by atoms with van der Waals surface area (Å²) in [6, 6.07) is 29.1. The molecule has 0 radical (unpaired) electrons. The molecule has 0 heterocycles. The number of hydrogen-bond acceptors (Lipinski definition) is 4. The number of carboxylic acids is 4. The minimum absolute atomic E-state index is 0. The Morgan fingerprint density at radius 2 is 0.535 bits per heavy atom. The second-order valence-electron chi connectivity index (χ2n) is 9.44. The molecule has 5 rings (SSSR count). The van der Waals surface area contributed by atoms with Gasteiger partial charge in [-0.15, -0.1) is 0 Å². The van der Waals surface area contributed by atoms with Gasteiger partial charge in [0, 0.05) is 41.7 Å². The minimum Gasteiger partial charge on any atom is -0.478 e. The van der Waals surface area contributed by atoms with Crippen LogP contribution in [-0.2, 0) is 0 Å². The molecule has 5 aromatic carbocycles. The summed E-state index contributed by atoms with van der Waals surface area (Å²) in [7, 11) is 0. The zero-order chi connectivity index (χ0) is 30.0. The average molecular weight is 699 g/mol. The van der Waals surface area contributed by atoms with Crippen molar-refractivity contribution in [2.45, 2.75) is 0 Å². The fraction of sp³-hybridized carbons (Fsp3) is 0. The fourth-order valence-corrected chi connectivity index (χ4v) is 4.83. The topological polar surface area (TPSA) is 149 Å². The van der Waals surface area contributed by atoms with Crippen LogP contribution >= 0.6 is 0 Å². The molecule has 0 unspecified atom stereocenters. The van der Waals surface area contributed by atoms with E-state index in [0.29, 0.717) is 33.4 Å². The smallest absolute Gasteiger partial charge is 0.335 e. The van der Waals surface area contributed by atoms with Gasteiger partial charge in [-0.05, 0) is 93.0 Å². The van der Waals surface area contributed by atoms with E-state index in [-0.39, 0.29) is 64.0 Å². The molecule has 9 heteroatoms. The van der Waals surface area contributed by atoms with Crippen molar-refractivity contribution in [2.24, 2.45) is 0 Å². The monoisotopic (exact) mass is 698 g/mol. The standard InChI is InChI=1S/C34H22O8.Ce/c35-31(36)23-9-1-19(2-10-23)27-17-18-28(20-3-11-24(12-4-20)32(37)38)30(22-7-15-26(16-8-22)34(41)42)29(27)21-5-13-25(14-6-21)33(39)40;/h1-18H,(H,35,36)(H,37,38)(H,39,40)(H,41,42);. The van der Waals surface area contributed by atoms with Gasteiger partial charge in [-0.25, -0.2) is 19.2 Å². The Morgan fingerprint density at radius 3 is 0.744 bits per heavy atom. The molecule has 0 aliphatic carbocycles. The third-order valence-electron chi connectivity index (χ3n) is 6.93. The normalized spacial score (nSPS) is 10.4. The molecule has 0 fully saturated rings. The second kappa shape index (κ2) is 13.1. The maximum atomic E-state index is 11.6. The summed E-state index contributed by atoms with van der Waals surface area (Å²) in [6.07, 6.45) is 0. The first kappa shape index (κ1) is 31.3. The van der Waals surface area contributed by atoms with Crippen molar-refractivity contribution in [2.75, 3.05) is 0 Å². The van der Waals surface area contributed by atoms with Gasteiger partial charge in [0.15, 0.2) is 0 Å². The maximum Gasteiger partial charge on any atom is 0.335 e. The van der Waals surface area contributed by atoms with Crippen molar-refractivity contribution in [3.63, 3.8) is 0 Å². The van der Waals surface area contributed by atoms with Crippen LogP contribution in [0.25, 0.3) is 44.5 Å². The third-order valence-corrected chi connectivity index (χ3v) is 6.93. The van der Waals surface area contributed by atoms with Crippen molar-refractivity contribution >= 4 is 23.9 Å². The van der Waals surface area contributed by atoms with Crippen LogP contribution in [0.1, 0.15) is 41.4 Å². The van der Waals surface area contributed by atoms with Crippen molar-refractivity contribution in [1.29, 1.82) is 0 Å². The number of rotatable bonds is 8. The van der Waals surface area contributed by atoms with Gasteiger partial charge in [0.25, 0.3) is 0 Å². The van der Waals surface area contributed by atoms with Gasteiger partial charge in [-0.2, -0.15) is 0 Å². The molecule has 0 aromatic heterocycles. The Morgan fingerprint density at radius 1 is 0.326 bits per heavy atom. The molecule has 0 aliphatic heterocycles. The molecule has 0 bridgehead atoms. The van der Waals surface area contributed by atoms with E-state index in [2.05, 4.69) is 0 Å². The number of carboxylic acid groups (broad SMARTS) is 4. The SMILES string of the molecule is O=C(O)c1ccc(-c2ccc(-c3ccc(C(=O)O)cc3)c(-c3ccc(C(=O)O)cc3)c2-c2ccc(C(=O)O)cc2)cc1.[Ce]. The summed E-state index contributed by atoms with van der Waals surface area (Å²) in [5.74, 6) is -4.29. The van der Waals surface area contributed by atoms with Crippen LogP contribution in [0, 0.1) is 41.7 Å². The quantitative estimate of drug-likeness (QED) is 0.134. The summed E-state index contributed by atoms with van der Waals surface area (Å²) in [4.78, 5) is 46.1. The van der Waals surface area contributed by atoms with Crippen LogP contribution < -0.4 is 0 Å². The number of hydrogen-bond donors (Lipinski definition) is 4. The molecule has 43 heavy (non-hydrogen) atoms. The van der Waals surface area contributed by atoms with Gasteiger partial charge in [0.05, 0.1) is 22.3 Å². The van der Waals surface area contributed by atoms with Crippen LogP contribution in [0.3, 0.4) is 0 Å². The molecule has 0 atom stereocenters. The minimum atomic E-state index is -1.08. The zero-order valence-corrected chi connectivity index (χ0v) is 25.5. The first-order valence-corrected chi connectivity index (χ1v) is 12.7. The molecule has 210 valence electrons. The van der Waals surface area contributed by atoms with Crippen LogP contribution in [0.4, 0.5) is 0 Å². The molecule has 0 saturated carbocycles. The van der Waals surface area contributed by atoms with Gasteiger partial charge in [0.1, 0.15) is 0 Å². The average Bonchev–Trinajstić information content (AvgIpc) is 3.00. The van der Waals surface area contributed by atoms with E-state index >= 15 is 0 Å². The van der Waals surface area contributed by atoms with Gasteiger partial charge in [-0.1, -0.05) is 60.7 Å². The number of carbonyl (C=O) groups is 4. The van der Waals surface area contributed by atoms with E-state index in [9.17, 15) is 39.6 Å². The predicted octanol–water partition coefficient (Wildman–Crippen LogP) is 7.15. The molecular weight excluding hydrogens is 676 g/mol. The molecule has 0 amide bonds. The molecule has 0 spiro atoms. The summed E-state index contributed by atoms with van der Waals surface area (Å²) in [5, 5.41) is 37.7. The Kier molecular flexibility index (Phi) is 9.55. The van der Waals surface area contributed by atoms with Crippen molar-refractivity contribution in [3.8, 4) is 44.5 Å². The summed E-state index contributed by atoms with van der Waals surface area (Å²) >= 11 is 0. The first-order valence-electron chi connectivity index (χ1n) is 12.7. The summed E-state index contributed by atoms with van der Waals surface area (Å²) in [5.41, 5.74) is 5.99. The zero-order valence-electron chi connectivity index (χ0n) is 22.3. The Balaban J connectivity index is 0.00000423. The Hall–Kier alpha value is -4.64. The second-order valence-corrected chi connectivity index (χ2v) is 9.44. The van der Waals surface area contributed by atoms with E-state index < -0.39 is 23.9 Å². The predicted molar refractivity (Wildman–Crippen MR) is 156 cm³/mol. The van der Waals surface area contributed by atoms with Gasteiger partial charge >= 0.3 is 23.9 Å². The van der Waals surface area contributed by atoms with E-state index in [1.54, 1.807) is 48.5 Å². The largest absolute Gasteiger partial charge is 0.478 e. The molecular formula is C34H22CeO8. The van der Waals surface area contributed by atoms with Crippen molar-refractivity contribution < 1.29 is 81.4 Å². The van der Waals surface area contributed by atoms with Gasteiger partial charge in [0.2, 0.25) is 0 Å². The van der Waals surface area contributed by atoms with Crippen LogP contribution in [-0.4, -0.2) is 44.3 Å². The van der Waals surface area contributed by atoms with E-state index in [4.69, 9.17) is 0 Å². The molecule has 0 aliphatic rings. The number of aromatic carboxylic acids is 4. The number of benzene rings is 5. The van der Waals surface area contributed by atoms with Crippen molar-refractivity contribution in [1.82, 2.24) is 0 Å². The van der Waals surface area contributed by atoms with Crippen LogP contribution in [0.2, 0.25) is 0 Å². The fourth-order valence-electron chi connectivity index (χ4n) is 4.83. The molecule has 0 saturated heterocycles.